The van der Waals surface area contributed by atoms with Gasteiger partial charge >= 0.3 is 0 Å². The third-order valence-corrected chi connectivity index (χ3v) is 3.08. The van der Waals surface area contributed by atoms with Gasteiger partial charge in [0.1, 0.15) is 0 Å². The van der Waals surface area contributed by atoms with Crippen LogP contribution in [0.4, 0.5) is 0 Å². The van der Waals surface area contributed by atoms with Crippen LogP contribution < -0.4 is 0 Å². The topological polar surface area (TPSA) is 60.9 Å². The molecule has 0 fully saturated rings. The highest BCUT2D eigenvalue weighted by atomic mass is 16.3. The first kappa shape index (κ1) is 18.9. The minimum Gasteiger partial charge on any atom is -0.392 e. The van der Waals surface area contributed by atoms with Crippen molar-refractivity contribution in [1.82, 2.24) is 9.80 Å². The monoisotopic (exact) mass is 286 g/mol. The van der Waals surface area contributed by atoms with E-state index in [0.29, 0.717) is 25.8 Å². The van der Waals surface area contributed by atoms with Gasteiger partial charge < -0.3 is 14.9 Å². The number of carbonyl (C=O) groups excluding carboxylic acids is 2. The van der Waals surface area contributed by atoms with E-state index in [4.69, 9.17) is 0 Å². The molecular weight excluding hydrogens is 256 g/mol. The normalized spacial score (nSPS) is 12.1. The molecule has 5 heteroatoms. The first-order valence-electron chi connectivity index (χ1n) is 7.62. The van der Waals surface area contributed by atoms with Gasteiger partial charge in [-0.3, -0.25) is 9.59 Å². The second kappa shape index (κ2) is 10.7. The molecule has 1 atom stereocenters. The van der Waals surface area contributed by atoms with Gasteiger partial charge in [-0.2, -0.15) is 0 Å². The number of likely N-dealkylation sites (N-methyl/N-ethyl adjacent to an activating group) is 1. The molecule has 0 radical (unpaired) electrons. The van der Waals surface area contributed by atoms with Crippen LogP contribution in [0.1, 0.15) is 52.9 Å². The number of rotatable bonds is 10. The molecule has 118 valence electrons. The van der Waals surface area contributed by atoms with Crippen molar-refractivity contribution in [2.24, 2.45) is 0 Å². The molecule has 0 unspecified atom stereocenters. The molecule has 20 heavy (non-hydrogen) atoms. The Labute approximate surface area is 122 Å². The van der Waals surface area contributed by atoms with Crippen LogP contribution >= 0.6 is 0 Å². The van der Waals surface area contributed by atoms with Gasteiger partial charge in [0.15, 0.2) is 0 Å². The number of hydrogen-bond acceptors (Lipinski definition) is 3. The molecule has 2 amide bonds. The van der Waals surface area contributed by atoms with Gasteiger partial charge in [0, 0.05) is 39.5 Å². The summed E-state index contributed by atoms with van der Waals surface area (Å²) in [6, 6.07) is 0. The zero-order valence-corrected chi connectivity index (χ0v) is 13.4. The SMILES string of the molecule is CCCN(CCC)C(=O)CCCC(=O)N(C)C[C@@H](C)O. The summed E-state index contributed by atoms with van der Waals surface area (Å²) in [5.74, 6) is 0.121. The van der Waals surface area contributed by atoms with E-state index in [1.807, 2.05) is 4.90 Å². The second-order valence-electron chi connectivity index (χ2n) is 5.36. The fourth-order valence-electron chi connectivity index (χ4n) is 2.14. The Bertz CT molecular complexity index is 287. The summed E-state index contributed by atoms with van der Waals surface area (Å²) in [7, 11) is 1.68. The highest BCUT2D eigenvalue weighted by Crippen LogP contribution is 2.05. The average Bonchev–Trinajstić information content (AvgIpc) is 2.37. The molecule has 0 saturated heterocycles. The van der Waals surface area contributed by atoms with E-state index in [-0.39, 0.29) is 11.8 Å². The molecule has 0 spiro atoms. The molecule has 0 aliphatic heterocycles. The van der Waals surface area contributed by atoms with E-state index >= 15 is 0 Å². The van der Waals surface area contributed by atoms with Gasteiger partial charge in [0.05, 0.1) is 6.10 Å². The number of aliphatic hydroxyl groups is 1. The molecular formula is C15H30N2O3. The third kappa shape index (κ3) is 8.15. The quantitative estimate of drug-likeness (QED) is 0.664. The predicted octanol–water partition coefficient (Wildman–Crippen LogP) is 1.64. The van der Waals surface area contributed by atoms with Crippen LogP contribution in [0.2, 0.25) is 0 Å². The zero-order valence-electron chi connectivity index (χ0n) is 13.4. The van der Waals surface area contributed by atoms with E-state index in [1.165, 1.54) is 4.90 Å². The van der Waals surface area contributed by atoms with Crippen LogP contribution in [0.25, 0.3) is 0 Å². The summed E-state index contributed by atoms with van der Waals surface area (Å²) in [6.45, 7) is 7.70. The smallest absolute Gasteiger partial charge is 0.222 e. The molecule has 0 saturated carbocycles. The van der Waals surface area contributed by atoms with Crippen molar-refractivity contribution < 1.29 is 14.7 Å². The molecule has 1 N–H and O–H groups in total. The summed E-state index contributed by atoms with van der Waals surface area (Å²) < 4.78 is 0. The van der Waals surface area contributed by atoms with Crippen molar-refractivity contribution in [2.45, 2.75) is 59.0 Å². The summed E-state index contributed by atoms with van der Waals surface area (Å²) >= 11 is 0. The number of amides is 2. The fourth-order valence-corrected chi connectivity index (χ4v) is 2.14. The lowest BCUT2D eigenvalue weighted by atomic mass is 10.2. The van der Waals surface area contributed by atoms with Gasteiger partial charge in [-0.15, -0.1) is 0 Å². The Morgan fingerprint density at radius 2 is 1.55 bits per heavy atom. The number of hydrogen-bond donors (Lipinski definition) is 1. The van der Waals surface area contributed by atoms with Crippen LogP contribution in [-0.4, -0.2) is 59.5 Å². The van der Waals surface area contributed by atoms with Crippen molar-refractivity contribution in [2.75, 3.05) is 26.7 Å². The minimum atomic E-state index is -0.518. The van der Waals surface area contributed by atoms with Gasteiger partial charge in [-0.25, -0.2) is 0 Å². The maximum absolute atomic E-state index is 12.0. The van der Waals surface area contributed by atoms with Gasteiger partial charge in [0.25, 0.3) is 0 Å². The Hall–Kier alpha value is -1.10. The molecule has 0 rings (SSSR count). The zero-order chi connectivity index (χ0) is 15.5. The first-order valence-corrected chi connectivity index (χ1v) is 7.62. The highest BCUT2D eigenvalue weighted by molar-refractivity contribution is 5.78. The molecule has 0 aliphatic carbocycles. The van der Waals surface area contributed by atoms with Gasteiger partial charge in [-0.1, -0.05) is 13.8 Å². The van der Waals surface area contributed by atoms with Crippen LogP contribution in [0.3, 0.4) is 0 Å². The Morgan fingerprint density at radius 3 is 2.00 bits per heavy atom. The molecule has 5 nitrogen and oxygen atoms in total. The standard InChI is InChI=1S/C15H30N2O3/c1-5-10-17(11-6-2)15(20)9-7-8-14(19)16(4)12-13(3)18/h13,18H,5-12H2,1-4H3/t13-/m1/s1. The van der Waals surface area contributed by atoms with Crippen LogP contribution in [-0.2, 0) is 9.59 Å². The molecule has 0 aromatic heterocycles. The van der Waals surface area contributed by atoms with E-state index < -0.39 is 6.10 Å². The molecule has 0 bridgehead atoms. The van der Waals surface area contributed by atoms with Gasteiger partial charge in [0.2, 0.25) is 11.8 Å². The lowest BCUT2D eigenvalue weighted by molar-refractivity contribution is -0.132. The number of aliphatic hydroxyl groups excluding tert-OH is 1. The number of carbonyl (C=O) groups is 2. The summed E-state index contributed by atoms with van der Waals surface area (Å²) in [5.41, 5.74) is 0. The van der Waals surface area contributed by atoms with E-state index in [9.17, 15) is 14.7 Å². The van der Waals surface area contributed by atoms with Crippen molar-refractivity contribution in [3.8, 4) is 0 Å². The van der Waals surface area contributed by atoms with E-state index in [0.717, 1.165) is 25.9 Å². The van der Waals surface area contributed by atoms with E-state index in [1.54, 1.807) is 14.0 Å². The third-order valence-electron chi connectivity index (χ3n) is 3.08. The summed E-state index contributed by atoms with van der Waals surface area (Å²) in [6.07, 6.45) is 2.76. The average molecular weight is 286 g/mol. The maximum atomic E-state index is 12.0. The maximum Gasteiger partial charge on any atom is 0.222 e. The van der Waals surface area contributed by atoms with Crippen molar-refractivity contribution in [3.63, 3.8) is 0 Å². The van der Waals surface area contributed by atoms with Crippen molar-refractivity contribution in [3.05, 3.63) is 0 Å². The van der Waals surface area contributed by atoms with Crippen LogP contribution in [0, 0.1) is 0 Å². The van der Waals surface area contributed by atoms with E-state index in [2.05, 4.69) is 13.8 Å². The Balaban J connectivity index is 4.02. The predicted molar refractivity (Wildman–Crippen MR) is 80.3 cm³/mol. The molecule has 0 heterocycles. The highest BCUT2D eigenvalue weighted by Gasteiger charge is 2.14. The lowest BCUT2D eigenvalue weighted by Gasteiger charge is -2.22. The lowest BCUT2D eigenvalue weighted by Crippen LogP contribution is -2.34. The van der Waals surface area contributed by atoms with Crippen molar-refractivity contribution in [1.29, 1.82) is 0 Å². The summed E-state index contributed by atoms with van der Waals surface area (Å²) in [5, 5.41) is 9.22. The second-order valence-corrected chi connectivity index (χ2v) is 5.36. The van der Waals surface area contributed by atoms with Crippen LogP contribution in [0.5, 0.6) is 0 Å². The van der Waals surface area contributed by atoms with Crippen molar-refractivity contribution >= 4 is 11.8 Å². The largest absolute Gasteiger partial charge is 0.392 e. The number of nitrogens with zero attached hydrogens (tertiary/aromatic N) is 2. The Morgan fingerprint density at radius 1 is 1.05 bits per heavy atom. The molecule has 0 aromatic carbocycles. The van der Waals surface area contributed by atoms with Gasteiger partial charge in [-0.05, 0) is 26.2 Å². The molecule has 0 aliphatic rings. The molecule has 0 aromatic rings. The van der Waals surface area contributed by atoms with Crippen LogP contribution in [0.15, 0.2) is 0 Å². The minimum absolute atomic E-state index is 0.0174. The Kier molecular flexibility index (Phi) is 10.1. The fraction of sp³-hybridized carbons (Fsp3) is 0.867. The summed E-state index contributed by atoms with van der Waals surface area (Å²) in [4.78, 5) is 27.2. The first-order chi connectivity index (χ1) is 9.42.